The van der Waals surface area contributed by atoms with Gasteiger partial charge in [0.05, 0.1) is 19.0 Å². The molecule has 1 unspecified atom stereocenters. The molecule has 1 atom stereocenters. The molecule has 0 aliphatic carbocycles. The first kappa shape index (κ1) is 13.4. The van der Waals surface area contributed by atoms with Gasteiger partial charge in [0.1, 0.15) is 0 Å². The van der Waals surface area contributed by atoms with Gasteiger partial charge in [-0.1, -0.05) is 12.8 Å². The molecule has 0 spiro atoms. The van der Waals surface area contributed by atoms with Crippen LogP contribution in [0.2, 0.25) is 0 Å². The summed E-state index contributed by atoms with van der Waals surface area (Å²) in [6.45, 7) is 3.56. The summed E-state index contributed by atoms with van der Waals surface area (Å²) in [4.78, 5) is 11.0. The smallest absolute Gasteiger partial charge is 0.234 e. The summed E-state index contributed by atoms with van der Waals surface area (Å²) in [5.74, 6) is 2.11. The molecule has 1 aliphatic heterocycles. The number of nitrogens with zero attached hydrogens (tertiary/aromatic N) is 3. The van der Waals surface area contributed by atoms with Crippen molar-refractivity contribution in [3.63, 3.8) is 0 Å². The number of hydrogen-bond acceptors (Lipinski definition) is 4. The van der Waals surface area contributed by atoms with Crippen LogP contribution in [0.4, 0.5) is 5.82 Å². The Labute approximate surface area is 113 Å². The molecule has 1 aliphatic rings. The molecule has 0 saturated carbocycles. The van der Waals surface area contributed by atoms with Crippen LogP contribution in [-0.2, 0) is 0 Å². The molecule has 18 heavy (non-hydrogen) atoms. The number of alkyl halides is 1. The van der Waals surface area contributed by atoms with Gasteiger partial charge in [0, 0.05) is 18.5 Å². The quantitative estimate of drug-likeness (QED) is 0.788. The number of anilines is 1. The van der Waals surface area contributed by atoms with Crippen LogP contribution < -0.4 is 9.64 Å². The first-order valence-corrected chi connectivity index (χ1v) is 7.16. The summed E-state index contributed by atoms with van der Waals surface area (Å²) in [6, 6.07) is 0.361. The molecule has 1 aromatic heterocycles. The molecule has 0 aromatic carbocycles. The van der Waals surface area contributed by atoms with Crippen LogP contribution in [0.25, 0.3) is 0 Å². The van der Waals surface area contributed by atoms with Gasteiger partial charge in [-0.05, 0) is 19.8 Å². The highest BCUT2D eigenvalue weighted by atomic mass is 35.5. The van der Waals surface area contributed by atoms with Crippen molar-refractivity contribution in [2.75, 3.05) is 23.9 Å². The van der Waals surface area contributed by atoms with Crippen molar-refractivity contribution in [3.05, 3.63) is 12.4 Å². The second kappa shape index (κ2) is 6.78. The van der Waals surface area contributed by atoms with Crippen molar-refractivity contribution < 1.29 is 4.74 Å². The number of halogens is 1. The van der Waals surface area contributed by atoms with E-state index in [1.54, 1.807) is 12.4 Å². The molecule has 2 rings (SSSR count). The molecule has 0 N–H and O–H groups in total. The van der Waals surface area contributed by atoms with E-state index in [2.05, 4.69) is 14.9 Å². The topological polar surface area (TPSA) is 38.2 Å². The lowest BCUT2D eigenvalue weighted by molar-refractivity contribution is 0.325. The van der Waals surface area contributed by atoms with Crippen LogP contribution in [0, 0.1) is 0 Å². The second-order valence-electron chi connectivity index (χ2n) is 4.50. The van der Waals surface area contributed by atoms with E-state index in [4.69, 9.17) is 16.3 Å². The van der Waals surface area contributed by atoms with Crippen LogP contribution in [0.3, 0.4) is 0 Å². The number of rotatable bonds is 4. The number of hydrogen-bond donors (Lipinski definition) is 0. The summed E-state index contributed by atoms with van der Waals surface area (Å²) in [7, 11) is 0. The number of ether oxygens (including phenoxy) is 1. The minimum absolute atomic E-state index is 0.361. The third-order valence-electron chi connectivity index (χ3n) is 3.24. The van der Waals surface area contributed by atoms with E-state index >= 15 is 0 Å². The standard InChI is InChI=1S/C13H20ClN3O/c1-2-18-13-10-15-9-12(16-13)17-7-5-3-4-6-11(17)8-14/h9-11H,2-8H2,1H3. The normalized spacial score (nSPS) is 20.6. The zero-order valence-electron chi connectivity index (χ0n) is 10.8. The van der Waals surface area contributed by atoms with Crippen LogP contribution in [-0.4, -0.2) is 35.0 Å². The highest BCUT2D eigenvalue weighted by molar-refractivity contribution is 6.18. The highest BCUT2D eigenvalue weighted by Crippen LogP contribution is 2.24. The highest BCUT2D eigenvalue weighted by Gasteiger charge is 2.22. The Hall–Kier alpha value is -1.03. The van der Waals surface area contributed by atoms with Crippen LogP contribution >= 0.6 is 11.6 Å². The molecular formula is C13H20ClN3O. The van der Waals surface area contributed by atoms with E-state index < -0.39 is 0 Å². The van der Waals surface area contributed by atoms with Gasteiger partial charge in [-0.15, -0.1) is 11.6 Å². The molecule has 1 saturated heterocycles. The van der Waals surface area contributed by atoms with E-state index in [0.717, 1.165) is 18.8 Å². The van der Waals surface area contributed by atoms with Crippen molar-refractivity contribution in [2.24, 2.45) is 0 Å². The van der Waals surface area contributed by atoms with Gasteiger partial charge in [-0.25, -0.2) is 0 Å². The summed E-state index contributed by atoms with van der Waals surface area (Å²) >= 11 is 6.08. The second-order valence-corrected chi connectivity index (χ2v) is 4.81. The monoisotopic (exact) mass is 269 g/mol. The van der Waals surface area contributed by atoms with Gasteiger partial charge in [-0.2, -0.15) is 4.98 Å². The fourth-order valence-electron chi connectivity index (χ4n) is 2.33. The first-order chi connectivity index (χ1) is 8.85. The first-order valence-electron chi connectivity index (χ1n) is 6.62. The van der Waals surface area contributed by atoms with Gasteiger partial charge in [0.2, 0.25) is 5.88 Å². The maximum absolute atomic E-state index is 6.08. The molecule has 2 heterocycles. The maximum Gasteiger partial charge on any atom is 0.234 e. The molecule has 5 heteroatoms. The van der Waals surface area contributed by atoms with Gasteiger partial charge < -0.3 is 9.64 Å². The van der Waals surface area contributed by atoms with Gasteiger partial charge in [0.15, 0.2) is 5.82 Å². The van der Waals surface area contributed by atoms with Gasteiger partial charge in [-0.3, -0.25) is 4.98 Å². The molecule has 1 aromatic rings. The van der Waals surface area contributed by atoms with Gasteiger partial charge >= 0.3 is 0 Å². The lowest BCUT2D eigenvalue weighted by atomic mass is 10.1. The van der Waals surface area contributed by atoms with Crippen molar-refractivity contribution >= 4 is 17.4 Å². The predicted octanol–water partition coefficient (Wildman–Crippen LogP) is 2.86. The Bertz CT molecular complexity index is 375. The number of aromatic nitrogens is 2. The van der Waals surface area contributed by atoms with Crippen molar-refractivity contribution in [2.45, 2.75) is 38.6 Å². The minimum Gasteiger partial charge on any atom is -0.477 e. The summed E-state index contributed by atoms with van der Waals surface area (Å²) in [5.41, 5.74) is 0. The van der Waals surface area contributed by atoms with E-state index in [1.165, 1.54) is 19.3 Å². The maximum atomic E-state index is 6.08. The molecular weight excluding hydrogens is 250 g/mol. The Morgan fingerprint density at radius 3 is 3.06 bits per heavy atom. The largest absolute Gasteiger partial charge is 0.477 e. The van der Waals surface area contributed by atoms with E-state index in [0.29, 0.717) is 24.4 Å². The Balaban J connectivity index is 2.18. The fourth-order valence-corrected chi connectivity index (χ4v) is 2.65. The lowest BCUT2D eigenvalue weighted by Gasteiger charge is -2.29. The zero-order valence-corrected chi connectivity index (χ0v) is 11.6. The van der Waals surface area contributed by atoms with Crippen molar-refractivity contribution in [3.8, 4) is 5.88 Å². The zero-order chi connectivity index (χ0) is 12.8. The lowest BCUT2D eigenvalue weighted by Crippen LogP contribution is -2.36. The fraction of sp³-hybridized carbons (Fsp3) is 0.692. The Morgan fingerprint density at radius 2 is 2.28 bits per heavy atom. The van der Waals surface area contributed by atoms with E-state index in [-0.39, 0.29) is 0 Å². The third kappa shape index (κ3) is 3.25. The summed E-state index contributed by atoms with van der Waals surface area (Å²) in [5, 5.41) is 0. The predicted molar refractivity (Wildman–Crippen MR) is 73.5 cm³/mol. The van der Waals surface area contributed by atoms with Crippen LogP contribution in [0.5, 0.6) is 5.88 Å². The third-order valence-corrected chi connectivity index (χ3v) is 3.60. The molecule has 0 bridgehead atoms. The minimum atomic E-state index is 0.361. The Kier molecular flexibility index (Phi) is 5.05. The van der Waals surface area contributed by atoms with E-state index in [1.807, 2.05) is 6.92 Å². The average Bonchev–Trinajstić information content (AvgIpc) is 2.64. The van der Waals surface area contributed by atoms with Gasteiger partial charge in [0.25, 0.3) is 0 Å². The van der Waals surface area contributed by atoms with E-state index in [9.17, 15) is 0 Å². The molecule has 4 nitrogen and oxygen atoms in total. The molecule has 100 valence electrons. The van der Waals surface area contributed by atoms with Crippen LogP contribution in [0.15, 0.2) is 12.4 Å². The molecule has 0 radical (unpaired) electrons. The Morgan fingerprint density at radius 1 is 1.39 bits per heavy atom. The summed E-state index contributed by atoms with van der Waals surface area (Å²) in [6.07, 6.45) is 8.28. The van der Waals surface area contributed by atoms with Crippen molar-refractivity contribution in [1.82, 2.24) is 9.97 Å². The van der Waals surface area contributed by atoms with Crippen molar-refractivity contribution in [1.29, 1.82) is 0 Å². The summed E-state index contributed by atoms with van der Waals surface area (Å²) < 4.78 is 5.40. The SMILES string of the molecule is CCOc1cncc(N2CCCCCC2CCl)n1. The van der Waals surface area contributed by atoms with Crippen LogP contribution in [0.1, 0.15) is 32.6 Å². The average molecular weight is 270 g/mol. The molecule has 1 fully saturated rings. The molecule has 0 amide bonds.